The number of aryl methyl sites for hydroxylation is 2. The molecule has 28 heavy (non-hydrogen) atoms. The van der Waals surface area contributed by atoms with Gasteiger partial charge in [0.25, 0.3) is 5.91 Å². The molecule has 0 unspecified atom stereocenters. The van der Waals surface area contributed by atoms with Crippen LogP contribution >= 0.6 is 0 Å². The van der Waals surface area contributed by atoms with E-state index in [4.69, 9.17) is 0 Å². The Kier molecular flexibility index (Phi) is 10.6. The summed E-state index contributed by atoms with van der Waals surface area (Å²) in [6.45, 7) is 10.4. The highest BCUT2D eigenvalue weighted by Crippen LogP contribution is 2.08. The highest BCUT2D eigenvalue weighted by Gasteiger charge is 2.07. The standard InChI is InChI=1S/C22H28N2O2.C2H6/c1-16(2)24-22(26)20-13-11-19(12-14-20)15-23-21(25)6-4-5-18-9-7-17(3)8-10-18;1-2/h7-14,16H,4-6,15H2,1-3H3,(H,23,25)(H,24,26);1-2H3. The van der Waals surface area contributed by atoms with Crippen molar-refractivity contribution in [3.05, 3.63) is 70.8 Å². The van der Waals surface area contributed by atoms with Crippen LogP contribution in [0.5, 0.6) is 0 Å². The molecule has 2 aromatic rings. The minimum atomic E-state index is -0.0771. The Morgan fingerprint density at radius 3 is 2.04 bits per heavy atom. The maximum absolute atomic E-state index is 12.0. The van der Waals surface area contributed by atoms with Crippen molar-refractivity contribution in [3.63, 3.8) is 0 Å². The minimum absolute atomic E-state index is 0.0544. The van der Waals surface area contributed by atoms with Crippen LogP contribution in [0, 0.1) is 6.92 Å². The first-order chi connectivity index (χ1) is 13.4. The van der Waals surface area contributed by atoms with Crippen LogP contribution in [0.1, 0.15) is 67.6 Å². The number of amides is 2. The fourth-order valence-corrected chi connectivity index (χ4v) is 2.62. The van der Waals surface area contributed by atoms with Gasteiger partial charge in [0.1, 0.15) is 0 Å². The summed E-state index contributed by atoms with van der Waals surface area (Å²) in [7, 11) is 0. The lowest BCUT2D eigenvalue weighted by Gasteiger charge is -2.09. The maximum Gasteiger partial charge on any atom is 0.251 e. The van der Waals surface area contributed by atoms with Crippen molar-refractivity contribution in [2.75, 3.05) is 0 Å². The molecule has 0 saturated carbocycles. The van der Waals surface area contributed by atoms with E-state index >= 15 is 0 Å². The molecule has 2 amide bonds. The van der Waals surface area contributed by atoms with Crippen LogP contribution in [0.25, 0.3) is 0 Å². The van der Waals surface area contributed by atoms with Gasteiger partial charge in [0, 0.05) is 24.6 Å². The smallest absolute Gasteiger partial charge is 0.251 e. The monoisotopic (exact) mass is 382 g/mol. The summed E-state index contributed by atoms with van der Waals surface area (Å²) in [4.78, 5) is 23.9. The van der Waals surface area contributed by atoms with Gasteiger partial charge in [0.2, 0.25) is 5.91 Å². The van der Waals surface area contributed by atoms with Gasteiger partial charge in [-0.2, -0.15) is 0 Å². The Bertz CT molecular complexity index is 719. The molecule has 4 heteroatoms. The number of carbonyl (C=O) groups is 2. The molecule has 0 radical (unpaired) electrons. The van der Waals surface area contributed by atoms with E-state index in [1.807, 2.05) is 39.8 Å². The average molecular weight is 383 g/mol. The van der Waals surface area contributed by atoms with E-state index in [1.54, 1.807) is 12.1 Å². The molecule has 0 heterocycles. The van der Waals surface area contributed by atoms with E-state index in [9.17, 15) is 9.59 Å². The number of benzene rings is 2. The maximum atomic E-state index is 12.0. The molecule has 2 rings (SSSR count). The minimum Gasteiger partial charge on any atom is -0.352 e. The SMILES string of the molecule is CC.Cc1ccc(CCCC(=O)NCc2ccc(C(=O)NC(C)C)cc2)cc1. The summed E-state index contributed by atoms with van der Waals surface area (Å²) in [5.41, 5.74) is 4.13. The van der Waals surface area contributed by atoms with Crippen molar-refractivity contribution < 1.29 is 9.59 Å². The molecule has 152 valence electrons. The second kappa shape index (κ2) is 12.7. The number of hydrogen-bond acceptors (Lipinski definition) is 2. The first-order valence-corrected chi connectivity index (χ1v) is 10.2. The largest absolute Gasteiger partial charge is 0.352 e. The van der Waals surface area contributed by atoms with Crippen LogP contribution < -0.4 is 10.6 Å². The molecule has 0 atom stereocenters. The quantitative estimate of drug-likeness (QED) is 0.689. The normalized spacial score (nSPS) is 10.1. The predicted molar refractivity (Wildman–Crippen MR) is 116 cm³/mol. The second-order valence-electron chi connectivity index (χ2n) is 6.94. The lowest BCUT2D eigenvalue weighted by atomic mass is 10.1. The summed E-state index contributed by atoms with van der Waals surface area (Å²) in [6, 6.07) is 15.9. The Morgan fingerprint density at radius 2 is 1.46 bits per heavy atom. The summed E-state index contributed by atoms with van der Waals surface area (Å²) < 4.78 is 0. The van der Waals surface area contributed by atoms with Gasteiger partial charge in [-0.05, 0) is 56.9 Å². The molecular formula is C24H34N2O2. The highest BCUT2D eigenvalue weighted by molar-refractivity contribution is 5.94. The summed E-state index contributed by atoms with van der Waals surface area (Å²) in [5, 5.41) is 5.80. The Hall–Kier alpha value is -2.62. The van der Waals surface area contributed by atoms with E-state index in [-0.39, 0.29) is 17.9 Å². The summed E-state index contributed by atoms with van der Waals surface area (Å²) in [6.07, 6.45) is 2.26. The first-order valence-electron chi connectivity index (χ1n) is 10.2. The van der Waals surface area contributed by atoms with Crippen LogP contribution in [-0.2, 0) is 17.8 Å². The molecule has 2 N–H and O–H groups in total. The van der Waals surface area contributed by atoms with Gasteiger partial charge in [0.05, 0.1) is 0 Å². The predicted octanol–water partition coefficient (Wildman–Crippen LogP) is 4.80. The van der Waals surface area contributed by atoms with Gasteiger partial charge in [0.15, 0.2) is 0 Å². The van der Waals surface area contributed by atoms with Gasteiger partial charge in [-0.15, -0.1) is 0 Å². The fourth-order valence-electron chi connectivity index (χ4n) is 2.62. The lowest BCUT2D eigenvalue weighted by molar-refractivity contribution is -0.121. The van der Waals surface area contributed by atoms with Crippen molar-refractivity contribution in [3.8, 4) is 0 Å². The summed E-state index contributed by atoms with van der Waals surface area (Å²) >= 11 is 0. The Balaban J connectivity index is 0.00000190. The van der Waals surface area contributed by atoms with Crippen LogP contribution in [0.3, 0.4) is 0 Å². The van der Waals surface area contributed by atoms with Crippen molar-refractivity contribution in [2.24, 2.45) is 0 Å². The molecule has 0 aliphatic carbocycles. The molecule has 2 aromatic carbocycles. The molecule has 0 spiro atoms. The van der Waals surface area contributed by atoms with Crippen molar-refractivity contribution in [2.45, 2.75) is 66.5 Å². The van der Waals surface area contributed by atoms with Gasteiger partial charge in [-0.25, -0.2) is 0 Å². The Morgan fingerprint density at radius 1 is 0.893 bits per heavy atom. The zero-order chi connectivity index (χ0) is 20.9. The van der Waals surface area contributed by atoms with E-state index in [2.05, 4.69) is 41.8 Å². The van der Waals surface area contributed by atoms with Crippen molar-refractivity contribution in [1.82, 2.24) is 10.6 Å². The van der Waals surface area contributed by atoms with Crippen LogP contribution in [0.15, 0.2) is 48.5 Å². The molecule has 0 aliphatic heterocycles. The van der Waals surface area contributed by atoms with Crippen LogP contribution in [0.2, 0.25) is 0 Å². The molecular weight excluding hydrogens is 348 g/mol. The number of rotatable bonds is 8. The van der Waals surface area contributed by atoms with E-state index in [0.717, 1.165) is 18.4 Å². The third-order valence-corrected chi connectivity index (χ3v) is 4.12. The number of hydrogen-bond donors (Lipinski definition) is 2. The zero-order valence-electron chi connectivity index (χ0n) is 17.8. The molecule has 4 nitrogen and oxygen atoms in total. The lowest BCUT2D eigenvalue weighted by Crippen LogP contribution is -2.30. The molecule has 0 saturated heterocycles. The molecule has 0 bridgehead atoms. The van der Waals surface area contributed by atoms with Gasteiger partial charge in [-0.3, -0.25) is 9.59 Å². The number of carbonyl (C=O) groups excluding carboxylic acids is 2. The molecule has 0 aromatic heterocycles. The average Bonchev–Trinajstić information content (AvgIpc) is 2.69. The summed E-state index contributed by atoms with van der Waals surface area (Å²) in [5.74, 6) is -0.0227. The topological polar surface area (TPSA) is 58.2 Å². The zero-order valence-corrected chi connectivity index (χ0v) is 17.8. The molecule has 0 fully saturated rings. The van der Waals surface area contributed by atoms with Gasteiger partial charge in [-0.1, -0.05) is 55.8 Å². The molecule has 0 aliphatic rings. The van der Waals surface area contributed by atoms with E-state index in [1.165, 1.54) is 11.1 Å². The Labute approximate surface area is 169 Å². The van der Waals surface area contributed by atoms with Crippen molar-refractivity contribution >= 4 is 11.8 Å². The first kappa shape index (κ1) is 23.4. The second-order valence-corrected chi connectivity index (χ2v) is 6.94. The van der Waals surface area contributed by atoms with E-state index in [0.29, 0.717) is 18.5 Å². The van der Waals surface area contributed by atoms with Crippen LogP contribution in [-0.4, -0.2) is 17.9 Å². The highest BCUT2D eigenvalue weighted by atomic mass is 16.2. The van der Waals surface area contributed by atoms with Gasteiger partial charge >= 0.3 is 0 Å². The fraction of sp³-hybridized carbons (Fsp3) is 0.417. The third-order valence-electron chi connectivity index (χ3n) is 4.12. The van der Waals surface area contributed by atoms with Crippen LogP contribution in [0.4, 0.5) is 0 Å². The number of nitrogens with one attached hydrogen (secondary N) is 2. The third kappa shape index (κ3) is 8.85. The van der Waals surface area contributed by atoms with E-state index < -0.39 is 0 Å². The van der Waals surface area contributed by atoms with Gasteiger partial charge < -0.3 is 10.6 Å². The van der Waals surface area contributed by atoms with Crippen molar-refractivity contribution in [1.29, 1.82) is 0 Å².